The Morgan fingerprint density at radius 1 is 0.872 bits per heavy atom. The van der Waals surface area contributed by atoms with Gasteiger partial charge in [0.25, 0.3) is 5.91 Å². The molecule has 4 rings (SSSR count). The quantitative estimate of drug-likeness (QED) is 0.282. The summed E-state index contributed by atoms with van der Waals surface area (Å²) in [5.74, 6) is -0.630. The summed E-state index contributed by atoms with van der Waals surface area (Å²) in [4.78, 5) is 31.2. The lowest BCUT2D eigenvalue weighted by Gasteiger charge is -2.32. The Morgan fingerprint density at radius 3 is 2.23 bits per heavy atom. The topological polar surface area (TPSA) is 61.9 Å². The van der Waals surface area contributed by atoms with Gasteiger partial charge in [-0.3, -0.25) is 9.59 Å². The van der Waals surface area contributed by atoms with Crippen LogP contribution in [0.3, 0.4) is 0 Å². The summed E-state index contributed by atoms with van der Waals surface area (Å²) in [6, 6.07) is 29.0. The molecular formula is C32H32FN3O3. The molecule has 0 spiro atoms. The van der Waals surface area contributed by atoms with Gasteiger partial charge >= 0.3 is 0 Å². The summed E-state index contributed by atoms with van der Waals surface area (Å²) in [5, 5.41) is 2.96. The molecule has 6 nitrogen and oxygen atoms in total. The van der Waals surface area contributed by atoms with Crippen molar-refractivity contribution in [3.05, 3.63) is 126 Å². The molecule has 200 valence electrons. The van der Waals surface area contributed by atoms with E-state index in [1.165, 1.54) is 18.1 Å². The number of benzene rings is 4. The zero-order chi connectivity index (χ0) is 27.8. The average Bonchev–Trinajstić information content (AvgIpc) is 2.94. The predicted octanol–water partition coefficient (Wildman–Crippen LogP) is 5.85. The number of carbonyl (C=O) groups is 2. The highest BCUT2D eigenvalue weighted by Gasteiger charge is 2.32. The zero-order valence-electron chi connectivity index (χ0n) is 22.3. The molecule has 1 N–H and O–H groups in total. The molecular weight excluding hydrogens is 493 g/mol. The number of hydrogen-bond donors (Lipinski definition) is 1. The van der Waals surface area contributed by atoms with Gasteiger partial charge in [-0.05, 0) is 53.6 Å². The van der Waals surface area contributed by atoms with E-state index in [0.29, 0.717) is 22.6 Å². The van der Waals surface area contributed by atoms with E-state index in [9.17, 15) is 14.0 Å². The first-order chi connectivity index (χ1) is 18.9. The number of nitrogens with zero attached hydrogens (tertiary/aromatic N) is 2. The van der Waals surface area contributed by atoms with Crippen LogP contribution >= 0.6 is 0 Å². The minimum Gasteiger partial charge on any atom is -0.497 e. The number of halogens is 1. The van der Waals surface area contributed by atoms with Crippen LogP contribution in [0.4, 0.5) is 15.8 Å². The highest BCUT2D eigenvalue weighted by atomic mass is 19.1. The fourth-order valence-corrected chi connectivity index (χ4v) is 4.34. The Balaban J connectivity index is 1.76. The molecule has 1 atom stereocenters. The van der Waals surface area contributed by atoms with Crippen molar-refractivity contribution >= 4 is 23.2 Å². The van der Waals surface area contributed by atoms with Crippen LogP contribution in [-0.4, -0.2) is 37.9 Å². The molecule has 0 saturated carbocycles. The normalized spacial score (nSPS) is 11.4. The van der Waals surface area contributed by atoms with E-state index in [1.54, 1.807) is 42.5 Å². The first-order valence-corrected chi connectivity index (χ1v) is 12.6. The Kier molecular flexibility index (Phi) is 8.94. The maximum absolute atomic E-state index is 14.8. The van der Waals surface area contributed by atoms with Crippen LogP contribution in [0.25, 0.3) is 0 Å². The van der Waals surface area contributed by atoms with Gasteiger partial charge in [-0.25, -0.2) is 4.39 Å². The molecule has 39 heavy (non-hydrogen) atoms. The van der Waals surface area contributed by atoms with Gasteiger partial charge in [0, 0.05) is 37.6 Å². The van der Waals surface area contributed by atoms with E-state index < -0.39 is 17.8 Å². The van der Waals surface area contributed by atoms with Crippen molar-refractivity contribution in [2.45, 2.75) is 19.0 Å². The summed E-state index contributed by atoms with van der Waals surface area (Å²) >= 11 is 0. The van der Waals surface area contributed by atoms with Crippen LogP contribution in [0.2, 0.25) is 0 Å². The zero-order valence-corrected chi connectivity index (χ0v) is 22.3. The second kappa shape index (κ2) is 12.7. The van der Waals surface area contributed by atoms with Gasteiger partial charge in [-0.2, -0.15) is 0 Å². The molecule has 0 aliphatic heterocycles. The van der Waals surface area contributed by atoms with Crippen molar-refractivity contribution in [1.29, 1.82) is 0 Å². The third-order valence-electron chi connectivity index (χ3n) is 6.44. The average molecular weight is 526 g/mol. The maximum atomic E-state index is 14.8. The Bertz CT molecular complexity index is 1410. The maximum Gasteiger partial charge on any atom is 0.251 e. The Morgan fingerprint density at radius 2 is 1.56 bits per heavy atom. The minimum absolute atomic E-state index is 0.0561. The largest absolute Gasteiger partial charge is 0.497 e. The van der Waals surface area contributed by atoms with Gasteiger partial charge in [0.05, 0.1) is 13.5 Å². The van der Waals surface area contributed by atoms with Gasteiger partial charge in [0.2, 0.25) is 5.91 Å². The van der Waals surface area contributed by atoms with Crippen LogP contribution in [0, 0.1) is 5.82 Å². The summed E-state index contributed by atoms with van der Waals surface area (Å²) in [6.45, 7) is -0.0901. The number of amides is 2. The standard InChI is InChI=1S/C32H32FN3O3/c1-35(2)27-18-16-26(17-19-27)34-32(38)31(24-13-9-14-28(21-24)39-3)36(22-25-12-7-8-15-29(25)33)30(37)20-23-10-5-4-6-11-23/h4-19,21,31H,20,22H2,1-3H3,(H,34,38)/t31-/m0/s1. The fourth-order valence-electron chi connectivity index (χ4n) is 4.34. The number of rotatable bonds is 10. The van der Waals surface area contributed by atoms with Gasteiger partial charge in [-0.1, -0.05) is 60.7 Å². The van der Waals surface area contributed by atoms with Gasteiger partial charge in [0.1, 0.15) is 17.6 Å². The van der Waals surface area contributed by atoms with Crippen LogP contribution < -0.4 is 15.0 Å². The SMILES string of the molecule is COc1cccc([C@@H](C(=O)Nc2ccc(N(C)C)cc2)N(Cc2ccccc2F)C(=O)Cc2ccccc2)c1. The molecule has 0 saturated heterocycles. The molecule has 0 aliphatic rings. The number of methoxy groups -OCH3 is 1. The first kappa shape index (κ1) is 27.4. The molecule has 2 amide bonds. The first-order valence-electron chi connectivity index (χ1n) is 12.6. The number of anilines is 2. The molecule has 0 radical (unpaired) electrons. The van der Waals surface area contributed by atoms with Crippen molar-refractivity contribution in [2.24, 2.45) is 0 Å². The Labute approximate surface area is 228 Å². The van der Waals surface area contributed by atoms with E-state index >= 15 is 0 Å². The second-order valence-corrected chi connectivity index (χ2v) is 9.39. The number of nitrogens with one attached hydrogen (secondary N) is 1. The fraction of sp³-hybridized carbons (Fsp3) is 0.188. The van der Waals surface area contributed by atoms with Crippen molar-refractivity contribution < 1.29 is 18.7 Å². The van der Waals surface area contributed by atoms with Crippen LogP contribution in [0.5, 0.6) is 5.75 Å². The van der Waals surface area contributed by atoms with E-state index in [4.69, 9.17) is 4.74 Å². The third-order valence-corrected chi connectivity index (χ3v) is 6.44. The van der Waals surface area contributed by atoms with Crippen molar-refractivity contribution in [3.63, 3.8) is 0 Å². The van der Waals surface area contributed by atoms with Crippen molar-refractivity contribution in [3.8, 4) is 5.75 Å². The minimum atomic E-state index is -1.05. The summed E-state index contributed by atoms with van der Waals surface area (Å²) in [6.07, 6.45) is 0.0561. The van der Waals surface area contributed by atoms with Crippen molar-refractivity contribution in [2.75, 3.05) is 31.4 Å². The summed E-state index contributed by atoms with van der Waals surface area (Å²) in [7, 11) is 5.41. The monoisotopic (exact) mass is 525 g/mol. The van der Waals surface area contributed by atoms with Gasteiger partial charge < -0.3 is 19.9 Å². The number of hydrogen-bond acceptors (Lipinski definition) is 4. The van der Waals surface area contributed by atoms with Crippen molar-refractivity contribution in [1.82, 2.24) is 4.90 Å². The smallest absolute Gasteiger partial charge is 0.251 e. The van der Waals surface area contributed by atoms with E-state index in [-0.39, 0.29) is 18.9 Å². The molecule has 4 aromatic carbocycles. The van der Waals surface area contributed by atoms with E-state index in [0.717, 1.165) is 11.3 Å². The van der Waals surface area contributed by atoms with E-state index in [2.05, 4.69) is 5.32 Å². The Hall–Kier alpha value is -4.65. The molecule has 0 fully saturated rings. The summed E-state index contributed by atoms with van der Waals surface area (Å²) in [5.41, 5.74) is 3.23. The third kappa shape index (κ3) is 7.02. The molecule has 4 aromatic rings. The molecule has 7 heteroatoms. The highest BCUT2D eigenvalue weighted by molar-refractivity contribution is 5.98. The molecule has 0 aliphatic carbocycles. The summed E-state index contributed by atoms with van der Waals surface area (Å²) < 4.78 is 20.2. The number of ether oxygens (including phenoxy) is 1. The molecule has 0 unspecified atom stereocenters. The lowest BCUT2D eigenvalue weighted by molar-refractivity contribution is -0.139. The van der Waals surface area contributed by atoms with Gasteiger partial charge in [0.15, 0.2) is 0 Å². The second-order valence-electron chi connectivity index (χ2n) is 9.39. The predicted molar refractivity (Wildman–Crippen MR) is 152 cm³/mol. The van der Waals surface area contributed by atoms with Crippen LogP contribution in [0.15, 0.2) is 103 Å². The van der Waals surface area contributed by atoms with Crippen LogP contribution in [0.1, 0.15) is 22.7 Å². The van der Waals surface area contributed by atoms with Gasteiger partial charge in [-0.15, -0.1) is 0 Å². The number of carbonyl (C=O) groups excluding carboxylic acids is 2. The lowest BCUT2D eigenvalue weighted by Crippen LogP contribution is -2.41. The van der Waals surface area contributed by atoms with E-state index in [1.807, 2.05) is 73.6 Å². The molecule has 0 bridgehead atoms. The van der Waals surface area contributed by atoms with Crippen LogP contribution in [-0.2, 0) is 22.6 Å². The molecule has 0 heterocycles. The lowest BCUT2D eigenvalue weighted by atomic mass is 10.0. The highest BCUT2D eigenvalue weighted by Crippen LogP contribution is 2.29. The molecule has 0 aromatic heterocycles.